The molecule has 240 valence electrons. The van der Waals surface area contributed by atoms with E-state index >= 15 is 4.39 Å². The number of ether oxygens (including phenoxy) is 3. The van der Waals surface area contributed by atoms with Crippen molar-refractivity contribution in [2.45, 2.75) is 27.1 Å². The average molecular weight is 661 g/mol. The predicted octanol–water partition coefficient (Wildman–Crippen LogP) is 9.15. The first-order valence-electron chi connectivity index (χ1n) is 14.8. The molecule has 0 unspecified atom stereocenters. The van der Waals surface area contributed by atoms with Crippen molar-refractivity contribution >= 4 is 36.1 Å². The summed E-state index contributed by atoms with van der Waals surface area (Å²) in [5.74, 6) is 0.458. The molecule has 7 nitrogen and oxygen atoms in total. The van der Waals surface area contributed by atoms with Gasteiger partial charge in [-0.25, -0.2) is 4.39 Å². The Labute approximate surface area is 282 Å². The maximum Gasteiger partial charge on any atom is 0.153 e. The molecular formula is C39H30ClFN2O5. The standard InChI is InChI=1S/C39H30ClFN2O5/c1-24-28(14-36(41)29-10-11-30(20-44)37(15-29)46-3)6-4-8-33(24)34-9-5-7-31(25(34)2)23-48-39-16-38(32(21-45)13-35(39)40)47-22-27-12-26(17-42)18-43-19-27/h4-16,18-21H,22-23H2,1-3H3/b36-14-. The normalized spacial score (nSPS) is 11.0. The highest BCUT2D eigenvalue weighted by atomic mass is 35.5. The van der Waals surface area contributed by atoms with Gasteiger partial charge < -0.3 is 14.2 Å². The first-order valence-corrected chi connectivity index (χ1v) is 15.2. The number of benzene rings is 4. The van der Waals surface area contributed by atoms with Crippen LogP contribution < -0.4 is 14.2 Å². The minimum atomic E-state index is -0.460. The van der Waals surface area contributed by atoms with E-state index in [0.717, 1.165) is 27.8 Å². The molecule has 1 heterocycles. The van der Waals surface area contributed by atoms with Crippen molar-refractivity contribution in [3.8, 4) is 34.4 Å². The number of aromatic nitrogens is 1. The summed E-state index contributed by atoms with van der Waals surface area (Å²) in [6.45, 7) is 4.20. The summed E-state index contributed by atoms with van der Waals surface area (Å²) < 4.78 is 32.7. The van der Waals surface area contributed by atoms with Crippen molar-refractivity contribution in [2.24, 2.45) is 0 Å². The van der Waals surface area contributed by atoms with Gasteiger partial charge in [-0.05, 0) is 77.6 Å². The van der Waals surface area contributed by atoms with Gasteiger partial charge in [0.05, 0.1) is 28.8 Å². The highest BCUT2D eigenvalue weighted by molar-refractivity contribution is 6.32. The highest BCUT2D eigenvalue weighted by Gasteiger charge is 2.15. The smallest absolute Gasteiger partial charge is 0.153 e. The molecule has 9 heteroatoms. The number of nitrogens with zero attached hydrogens (tertiary/aromatic N) is 2. The van der Waals surface area contributed by atoms with Gasteiger partial charge in [0, 0.05) is 29.6 Å². The number of carbonyl (C=O) groups is 2. The lowest BCUT2D eigenvalue weighted by Gasteiger charge is -2.17. The number of hydrogen-bond donors (Lipinski definition) is 0. The number of hydrogen-bond acceptors (Lipinski definition) is 7. The maximum absolute atomic E-state index is 15.4. The van der Waals surface area contributed by atoms with Crippen molar-refractivity contribution in [2.75, 3.05) is 7.11 Å². The average Bonchev–Trinajstić information content (AvgIpc) is 3.11. The van der Waals surface area contributed by atoms with Gasteiger partial charge in [-0.3, -0.25) is 14.6 Å². The van der Waals surface area contributed by atoms with E-state index in [-0.39, 0.29) is 29.5 Å². The van der Waals surface area contributed by atoms with Gasteiger partial charge in [-0.15, -0.1) is 0 Å². The fourth-order valence-electron chi connectivity index (χ4n) is 5.23. The van der Waals surface area contributed by atoms with Crippen LogP contribution in [0.5, 0.6) is 17.2 Å². The molecule has 0 amide bonds. The molecule has 0 saturated heterocycles. The lowest BCUT2D eigenvalue weighted by molar-refractivity contribution is 0.111. The maximum atomic E-state index is 15.4. The van der Waals surface area contributed by atoms with Crippen LogP contribution in [0.25, 0.3) is 23.0 Å². The molecule has 0 bridgehead atoms. The van der Waals surface area contributed by atoms with Crippen molar-refractivity contribution < 1.29 is 28.2 Å². The van der Waals surface area contributed by atoms with E-state index in [1.165, 1.54) is 37.6 Å². The van der Waals surface area contributed by atoms with E-state index in [0.29, 0.717) is 51.9 Å². The fraction of sp³-hybridized carbons (Fsp3) is 0.128. The van der Waals surface area contributed by atoms with Gasteiger partial charge in [0.2, 0.25) is 0 Å². The molecule has 0 radical (unpaired) electrons. The quantitative estimate of drug-likeness (QED) is 0.0972. The van der Waals surface area contributed by atoms with Crippen molar-refractivity contribution in [3.05, 3.63) is 140 Å². The van der Waals surface area contributed by atoms with Crippen LogP contribution in [-0.2, 0) is 13.2 Å². The number of methoxy groups -OCH3 is 1. The first-order chi connectivity index (χ1) is 23.3. The Morgan fingerprint density at radius 2 is 1.56 bits per heavy atom. The third-order valence-corrected chi connectivity index (χ3v) is 8.22. The fourth-order valence-corrected chi connectivity index (χ4v) is 5.46. The number of carbonyl (C=O) groups excluding carboxylic acids is 2. The van der Waals surface area contributed by atoms with Crippen LogP contribution in [0.4, 0.5) is 4.39 Å². The Balaban J connectivity index is 1.38. The highest BCUT2D eigenvalue weighted by Crippen LogP contribution is 2.36. The zero-order chi connectivity index (χ0) is 34.2. The number of nitriles is 1. The molecule has 1 aromatic heterocycles. The van der Waals surface area contributed by atoms with E-state index < -0.39 is 5.83 Å². The third-order valence-electron chi connectivity index (χ3n) is 7.92. The Kier molecular flexibility index (Phi) is 10.6. The van der Waals surface area contributed by atoms with Crippen LogP contribution >= 0.6 is 11.6 Å². The lowest BCUT2D eigenvalue weighted by atomic mass is 9.91. The van der Waals surface area contributed by atoms with E-state index in [9.17, 15) is 9.59 Å². The van der Waals surface area contributed by atoms with Crippen LogP contribution in [0.15, 0.2) is 85.2 Å². The summed E-state index contributed by atoms with van der Waals surface area (Å²) in [7, 11) is 1.44. The summed E-state index contributed by atoms with van der Waals surface area (Å²) in [6, 6.07) is 22.9. The second-order valence-corrected chi connectivity index (χ2v) is 11.3. The number of halogens is 2. The van der Waals surface area contributed by atoms with Crippen molar-refractivity contribution in [1.29, 1.82) is 5.26 Å². The summed E-state index contributed by atoms with van der Waals surface area (Å²) >= 11 is 6.48. The monoisotopic (exact) mass is 660 g/mol. The minimum absolute atomic E-state index is 0.0870. The molecule has 0 aliphatic rings. The molecule has 5 aromatic rings. The van der Waals surface area contributed by atoms with Gasteiger partial charge >= 0.3 is 0 Å². The van der Waals surface area contributed by atoms with Gasteiger partial charge in [-0.2, -0.15) is 5.26 Å². The minimum Gasteiger partial charge on any atom is -0.496 e. The van der Waals surface area contributed by atoms with Crippen LogP contribution in [0.3, 0.4) is 0 Å². The second kappa shape index (κ2) is 15.2. The molecule has 0 atom stereocenters. The van der Waals surface area contributed by atoms with E-state index in [4.69, 9.17) is 31.1 Å². The molecule has 48 heavy (non-hydrogen) atoms. The zero-order valence-corrected chi connectivity index (χ0v) is 27.2. The van der Waals surface area contributed by atoms with Crippen molar-refractivity contribution in [3.63, 3.8) is 0 Å². The molecular weight excluding hydrogens is 631 g/mol. The summed E-state index contributed by atoms with van der Waals surface area (Å²) in [5, 5.41) is 9.39. The molecule has 0 aliphatic carbocycles. The Bertz CT molecular complexity index is 2090. The molecule has 5 rings (SSSR count). The van der Waals surface area contributed by atoms with E-state index in [1.54, 1.807) is 24.4 Å². The topological polar surface area (TPSA) is 98.5 Å². The van der Waals surface area contributed by atoms with E-state index in [2.05, 4.69) is 4.98 Å². The Morgan fingerprint density at radius 3 is 2.29 bits per heavy atom. The number of pyridine rings is 1. The molecule has 0 fully saturated rings. The zero-order valence-electron chi connectivity index (χ0n) is 26.4. The largest absolute Gasteiger partial charge is 0.496 e. The van der Waals surface area contributed by atoms with Crippen LogP contribution in [0.1, 0.15) is 59.7 Å². The number of aldehydes is 2. The van der Waals surface area contributed by atoms with Gasteiger partial charge in [-0.1, -0.05) is 54.1 Å². The van der Waals surface area contributed by atoms with Crippen LogP contribution in [-0.4, -0.2) is 24.7 Å². The molecule has 0 spiro atoms. The van der Waals surface area contributed by atoms with Gasteiger partial charge in [0.1, 0.15) is 42.4 Å². The van der Waals surface area contributed by atoms with Gasteiger partial charge in [0.15, 0.2) is 12.6 Å². The summed E-state index contributed by atoms with van der Waals surface area (Å²) in [6.07, 6.45) is 5.83. The molecule has 0 aliphatic heterocycles. The molecule has 0 saturated carbocycles. The van der Waals surface area contributed by atoms with Crippen LogP contribution in [0.2, 0.25) is 5.02 Å². The molecule has 0 N–H and O–H groups in total. The third kappa shape index (κ3) is 7.43. The van der Waals surface area contributed by atoms with Crippen molar-refractivity contribution in [1.82, 2.24) is 4.98 Å². The van der Waals surface area contributed by atoms with Gasteiger partial charge in [0.25, 0.3) is 0 Å². The first kappa shape index (κ1) is 33.6. The lowest BCUT2D eigenvalue weighted by Crippen LogP contribution is -2.03. The Hall–Kier alpha value is -5.78. The van der Waals surface area contributed by atoms with E-state index in [1.807, 2.05) is 56.3 Å². The molecule has 4 aromatic carbocycles. The predicted molar refractivity (Wildman–Crippen MR) is 183 cm³/mol. The second-order valence-electron chi connectivity index (χ2n) is 10.9. The number of rotatable bonds is 12. The summed E-state index contributed by atoms with van der Waals surface area (Å²) in [4.78, 5) is 27.0. The summed E-state index contributed by atoms with van der Waals surface area (Å²) in [5.41, 5.74) is 7.33. The SMILES string of the molecule is COc1cc(/C(F)=C/c2cccc(-c3cccc(COc4cc(OCc5cncc(C#N)c5)c(C=O)cc4Cl)c3C)c2C)ccc1C=O. The Morgan fingerprint density at radius 1 is 0.833 bits per heavy atom. The van der Waals surface area contributed by atoms with Crippen LogP contribution in [0, 0.1) is 25.2 Å².